The van der Waals surface area contributed by atoms with Crippen LogP contribution in [0.15, 0.2) is 91.4 Å². The number of pyridine rings is 3. The second-order valence-electron chi connectivity index (χ2n) is 5.41. The monoisotopic (exact) mass is 309 g/mol. The Labute approximate surface area is 139 Å². The van der Waals surface area contributed by atoms with Crippen molar-refractivity contribution in [3.05, 3.63) is 91.4 Å². The molecule has 3 nitrogen and oxygen atoms in total. The quantitative estimate of drug-likeness (QED) is 0.377. The van der Waals surface area contributed by atoms with E-state index in [9.17, 15) is 0 Å². The lowest BCUT2D eigenvalue weighted by Crippen LogP contribution is -1.82. The summed E-state index contributed by atoms with van der Waals surface area (Å²) < 4.78 is 0. The van der Waals surface area contributed by atoms with E-state index in [1.54, 1.807) is 6.20 Å². The molecule has 0 amide bonds. The second kappa shape index (κ2) is 6.42. The van der Waals surface area contributed by atoms with E-state index < -0.39 is 0 Å². The molecule has 3 aromatic heterocycles. The average molecular weight is 309 g/mol. The standard InChI is InChI=1S/C12H8N2.C9H7N/c1-3-9-5-6-11-10(4-2-7-13-11)12(9)14-8-1;1-2-6-9-8(4-1)5-3-7-10-9/h1-8H;1-7H. The number of rotatable bonds is 0. The molecule has 0 bridgehead atoms. The Bertz CT molecular complexity index is 999. The van der Waals surface area contributed by atoms with Crippen molar-refractivity contribution in [2.75, 3.05) is 0 Å². The van der Waals surface area contributed by atoms with Gasteiger partial charge in [0.1, 0.15) is 0 Å². The predicted molar refractivity (Wildman–Crippen MR) is 98.8 cm³/mol. The van der Waals surface area contributed by atoms with E-state index in [4.69, 9.17) is 0 Å². The van der Waals surface area contributed by atoms with Gasteiger partial charge in [-0.25, -0.2) is 0 Å². The fourth-order valence-electron chi connectivity index (χ4n) is 2.71. The Morgan fingerprint density at radius 3 is 2.00 bits per heavy atom. The van der Waals surface area contributed by atoms with Crippen LogP contribution in [0.2, 0.25) is 0 Å². The largest absolute Gasteiger partial charge is 0.256 e. The molecule has 0 saturated heterocycles. The fraction of sp³-hybridized carbons (Fsp3) is 0. The highest BCUT2D eigenvalue weighted by atomic mass is 14.7. The molecule has 3 heteroatoms. The minimum Gasteiger partial charge on any atom is -0.256 e. The van der Waals surface area contributed by atoms with Crippen LogP contribution in [0.4, 0.5) is 0 Å². The number of fused-ring (bicyclic) bond motifs is 4. The topological polar surface area (TPSA) is 38.7 Å². The van der Waals surface area contributed by atoms with Crippen LogP contribution in [0.5, 0.6) is 0 Å². The zero-order chi connectivity index (χ0) is 16.2. The Morgan fingerprint density at radius 1 is 0.458 bits per heavy atom. The SMILES string of the molecule is c1ccc2ncccc2c1.c1cnc2c(c1)ccc1ncccc12. The van der Waals surface area contributed by atoms with Gasteiger partial charge in [-0.05, 0) is 36.4 Å². The molecule has 3 heterocycles. The van der Waals surface area contributed by atoms with E-state index in [-0.39, 0.29) is 0 Å². The maximum Gasteiger partial charge on any atom is 0.0795 e. The van der Waals surface area contributed by atoms with Crippen LogP contribution in [-0.2, 0) is 0 Å². The minimum atomic E-state index is 0.999. The van der Waals surface area contributed by atoms with Crippen molar-refractivity contribution in [1.29, 1.82) is 0 Å². The summed E-state index contributed by atoms with van der Waals surface area (Å²) in [6.45, 7) is 0. The molecule has 0 radical (unpaired) electrons. The molecule has 0 atom stereocenters. The van der Waals surface area contributed by atoms with Crippen molar-refractivity contribution >= 4 is 32.7 Å². The zero-order valence-corrected chi connectivity index (χ0v) is 13.0. The highest BCUT2D eigenvalue weighted by molar-refractivity contribution is 6.03. The van der Waals surface area contributed by atoms with Gasteiger partial charge in [0.25, 0.3) is 0 Å². The summed E-state index contributed by atoms with van der Waals surface area (Å²) in [5.41, 5.74) is 3.09. The number of aromatic nitrogens is 3. The first kappa shape index (κ1) is 14.3. The molecule has 0 spiro atoms. The lowest BCUT2D eigenvalue weighted by atomic mass is 10.1. The Hall–Kier alpha value is -3.33. The molecule has 0 aliphatic carbocycles. The van der Waals surface area contributed by atoms with Crippen molar-refractivity contribution in [2.45, 2.75) is 0 Å². The summed E-state index contributed by atoms with van der Waals surface area (Å²) in [5.74, 6) is 0. The van der Waals surface area contributed by atoms with Gasteiger partial charge in [-0.1, -0.05) is 36.4 Å². The molecule has 0 unspecified atom stereocenters. The normalized spacial score (nSPS) is 10.5. The highest BCUT2D eigenvalue weighted by Gasteiger charge is 1.99. The molecule has 0 N–H and O–H groups in total. The average Bonchev–Trinajstić information content (AvgIpc) is 2.68. The Morgan fingerprint density at radius 2 is 1.12 bits per heavy atom. The van der Waals surface area contributed by atoms with Crippen LogP contribution in [0.3, 0.4) is 0 Å². The summed E-state index contributed by atoms with van der Waals surface area (Å²) in [4.78, 5) is 12.8. The van der Waals surface area contributed by atoms with Gasteiger partial charge in [0.05, 0.1) is 16.6 Å². The Balaban J connectivity index is 0.000000129. The van der Waals surface area contributed by atoms with Crippen molar-refractivity contribution < 1.29 is 0 Å². The number of benzene rings is 2. The van der Waals surface area contributed by atoms with Crippen molar-refractivity contribution in [1.82, 2.24) is 15.0 Å². The first-order valence-electron chi connectivity index (χ1n) is 7.80. The molecular weight excluding hydrogens is 294 g/mol. The molecule has 0 aliphatic rings. The minimum absolute atomic E-state index is 0.999. The second-order valence-corrected chi connectivity index (χ2v) is 5.41. The number of hydrogen-bond donors (Lipinski definition) is 0. The van der Waals surface area contributed by atoms with E-state index >= 15 is 0 Å². The molecular formula is C21H15N3. The lowest BCUT2D eigenvalue weighted by Gasteiger charge is -2.00. The predicted octanol–water partition coefficient (Wildman–Crippen LogP) is 5.02. The third-order valence-electron chi connectivity index (χ3n) is 3.87. The summed E-state index contributed by atoms with van der Waals surface area (Å²) in [6.07, 6.45) is 5.42. The van der Waals surface area contributed by atoms with E-state index in [0.717, 1.165) is 27.3 Å². The van der Waals surface area contributed by atoms with Crippen LogP contribution >= 0.6 is 0 Å². The molecule has 114 valence electrons. The first-order valence-corrected chi connectivity index (χ1v) is 7.80. The summed E-state index contributed by atoms with van der Waals surface area (Å²) in [6, 6.07) is 24.2. The van der Waals surface area contributed by atoms with Gasteiger partial charge in [-0.15, -0.1) is 0 Å². The van der Waals surface area contributed by atoms with Gasteiger partial charge in [0, 0.05) is 34.7 Å². The molecule has 5 aromatic rings. The van der Waals surface area contributed by atoms with Crippen molar-refractivity contribution in [3.8, 4) is 0 Å². The summed E-state index contributed by atoms with van der Waals surface area (Å²) >= 11 is 0. The van der Waals surface area contributed by atoms with Gasteiger partial charge < -0.3 is 0 Å². The highest BCUT2D eigenvalue weighted by Crippen LogP contribution is 2.20. The molecule has 5 rings (SSSR count). The fourth-order valence-corrected chi connectivity index (χ4v) is 2.71. The van der Waals surface area contributed by atoms with Crippen LogP contribution in [-0.4, -0.2) is 15.0 Å². The van der Waals surface area contributed by atoms with Crippen LogP contribution in [0.25, 0.3) is 32.7 Å². The van der Waals surface area contributed by atoms with Gasteiger partial charge in [-0.2, -0.15) is 0 Å². The summed E-state index contributed by atoms with van der Waals surface area (Å²) in [7, 11) is 0. The third kappa shape index (κ3) is 2.79. The number of hydrogen-bond acceptors (Lipinski definition) is 3. The number of para-hydroxylation sites is 1. The van der Waals surface area contributed by atoms with E-state index in [1.807, 2.05) is 54.9 Å². The number of nitrogens with zero attached hydrogens (tertiary/aromatic N) is 3. The van der Waals surface area contributed by atoms with E-state index in [2.05, 4.69) is 45.3 Å². The lowest BCUT2D eigenvalue weighted by molar-refractivity contribution is 1.39. The molecule has 0 aliphatic heterocycles. The van der Waals surface area contributed by atoms with E-state index in [0.29, 0.717) is 0 Å². The third-order valence-corrected chi connectivity index (χ3v) is 3.87. The Kier molecular flexibility index (Phi) is 3.82. The van der Waals surface area contributed by atoms with E-state index in [1.165, 1.54) is 5.39 Å². The van der Waals surface area contributed by atoms with Gasteiger partial charge in [0.15, 0.2) is 0 Å². The van der Waals surface area contributed by atoms with Gasteiger partial charge >= 0.3 is 0 Å². The summed E-state index contributed by atoms with van der Waals surface area (Å²) in [5, 5.41) is 3.48. The first-order chi connectivity index (χ1) is 11.9. The van der Waals surface area contributed by atoms with Crippen molar-refractivity contribution in [2.24, 2.45) is 0 Å². The van der Waals surface area contributed by atoms with Crippen molar-refractivity contribution in [3.63, 3.8) is 0 Å². The molecule has 0 saturated carbocycles. The van der Waals surface area contributed by atoms with Crippen LogP contribution in [0, 0.1) is 0 Å². The maximum atomic E-state index is 4.37. The zero-order valence-electron chi connectivity index (χ0n) is 13.0. The smallest absolute Gasteiger partial charge is 0.0795 e. The molecule has 24 heavy (non-hydrogen) atoms. The van der Waals surface area contributed by atoms with Gasteiger partial charge in [-0.3, -0.25) is 15.0 Å². The van der Waals surface area contributed by atoms with Crippen LogP contribution in [0.1, 0.15) is 0 Å². The van der Waals surface area contributed by atoms with Crippen LogP contribution < -0.4 is 0 Å². The molecule has 0 fully saturated rings. The van der Waals surface area contributed by atoms with Gasteiger partial charge in [0.2, 0.25) is 0 Å². The maximum absolute atomic E-state index is 4.37. The molecule has 2 aromatic carbocycles.